The predicted molar refractivity (Wildman–Crippen MR) is 67.5 cm³/mol. The van der Waals surface area contributed by atoms with Crippen molar-refractivity contribution in [2.24, 2.45) is 16.5 Å². The monoisotopic (exact) mass is 317 g/mol. The topological polar surface area (TPSA) is 79.7 Å². The van der Waals surface area contributed by atoms with E-state index in [1.165, 1.54) is 0 Å². The summed E-state index contributed by atoms with van der Waals surface area (Å²) in [6.07, 6.45) is 0. The Morgan fingerprint density at radius 2 is 2.00 bits per heavy atom. The number of nitrogens with zero attached hydrogens (tertiary/aromatic N) is 2. The van der Waals surface area contributed by atoms with E-state index < -0.39 is 5.79 Å². The highest BCUT2D eigenvalue weighted by molar-refractivity contribution is 14.1. The SMILES string of the molecule is CN1NC(N)=NC1(N)c1ccc(I)cc1. The molecule has 15 heavy (non-hydrogen) atoms. The van der Waals surface area contributed by atoms with Crippen molar-refractivity contribution < 1.29 is 0 Å². The van der Waals surface area contributed by atoms with Gasteiger partial charge >= 0.3 is 0 Å². The summed E-state index contributed by atoms with van der Waals surface area (Å²) in [5.41, 5.74) is 15.5. The molecule has 0 saturated heterocycles. The molecule has 0 radical (unpaired) electrons. The zero-order valence-electron chi connectivity index (χ0n) is 8.24. The lowest BCUT2D eigenvalue weighted by Crippen LogP contribution is -2.51. The molecule has 0 aromatic heterocycles. The van der Waals surface area contributed by atoms with Crippen LogP contribution in [0.4, 0.5) is 0 Å². The van der Waals surface area contributed by atoms with Crippen molar-refractivity contribution in [1.29, 1.82) is 0 Å². The van der Waals surface area contributed by atoms with Crippen molar-refractivity contribution in [3.05, 3.63) is 33.4 Å². The fourth-order valence-electron chi connectivity index (χ4n) is 1.49. The zero-order chi connectivity index (χ0) is 11.1. The first kappa shape index (κ1) is 10.7. The van der Waals surface area contributed by atoms with E-state index >= 15 is 0 Å². The van der Waals surface area contributed by atoms with Crippen LogP contribution in [-0.4, -0.2) is 18.0 Å². The number of nitrogens with two attached hydrogens (primary N) is 2. The number of nitrogens with one attached hydrogen (secondary N) is 1. The van der Waals surface area contributed by atoms with Crippen LogP contribution >= 0.6 is 22.6 Å². The van der Waals surface area contributed by atoms with Gasteiger partial charge in [-0.3, -0.25) is 11.2 Å². The quantitative estimate of drug-likeness (QED) is 0.643. The summed E-state index contributed by atoms with van der Waals surface area (Å²) >= 11 is 2.24. The number of halogens is 1. The van der Waals surface area contributed by atoms with Crippen LogP contribution < -0.4 is 16.9 Å². The summed E-state index contributed by atoms with van der Waals surface area (Å²) in [5, 5.41) is 1.69. The molecule has 1 aliphatic rings. The van der Waals surface area contributed by atoms with E-state index in [1.807, 2.05) is 24.3 Å². The Morgan fingerprint density at radius 3 is 2.47 bits per heavy atom. The summed E-state index contributed by atoms with van der Waals surface area (Å²) in [6, 6.07) is 7.87. The van der Waals surface area contributed by atoms with Crippen LogP contribution in [0.25, 0.3) is 0 Å². The number of rotatable bonds is 1. The number of hydrazine groups is 1. The highest BCUT2D eigenvalue weighted by Gasteiger charge is 2.37. The fourth-order valence-corrected chi connectivity index (χ4v) is 1.85. The largest absolute Gasteiger partial charge is 0.369 e. The molecule has 0 saturated carbocycles. The van der Waals surface area contributed by atoms with Crippen molar-refractivity contribution in [3.8, 4) is 0 Å². The highest BCUT2D eigenvalue weighted by Crippen LogP contribution is 2.25. The first-order chi connectivity index (χ1) is 7.02. The molecule has 1 unspecified atom stereocenters. The molecule has 1 aromatic carbocycles. The van der Waals surface area contributed by atoms with Crippen molar-refractivity contribution >= 4 is 28.6 Å². The Bertz CT molecular complexity index is 401. The number of benzene rings is 1. The van der Waals surface area contributed by atoms with E-state index in [0.29, 0.717) is 5.96 Å². The Hall–Kier alpha value is -0.860. The molecule has 0 aliphatic carbocycles. The van der Waals surface area contributed by atoms with E-state index in [1.54, 1.807) is 12.1 Å². The van der Waals surface area contributed by atoms with Crippen molar-refractivity contribution in [3.63, 3.8) is 0 Å². The van der Waals surface area contributed by atoms with Gasteiger partial charge in [0.25, 0.3) is 0 Å². The molecule has 0 fully saturated rings. The predicted octanol–water partition coefficient (Wildman–Crippen LogP) is 0.125. The lowest BCUT2D eigenvalue weighted by Gasteiger charge is -2.28. The highest BCUT2D eigenvalue weighted by atomic mass is 127. The zero-order valence-corrected chi connectivity index (χ0v) is 10.4. The third-order valence-corrected chi connectivity index (χ3v) is 3.07. The first-order valence-corrected chi connectivity index (χ1v) is 5.51. The summed E-state index contributed by atoms with van der Waals surface area (Å²) in [7, 11) is 1.81. The molecule has 2 rings (SSSR count). The maximum Gasteiger partial charge on any atom is 0.211 e. The van der Waals surface area contributed by atoms with E-state index in [2.05, 4.69) is 33.0 Å². The average Bonchev–Trinajstić information content (AvgIpc) is 2.42. The van der Waals surface area contributed by atoms with Gasteiger partial charge in [-0.05, 0) is 34.7 Å². The molecular formula is C9H12IN5. The molecule has 1 heterocycles. The summed E-state index contributed by atoms with van der Waals surface area (Å²) in [4.78, 5) is 4.19. The number of aliphatic imine (C=N–C) groups is 1. The number of hydrogen-bond donors (Lipinski definition) is 3. The van der Waals surface area contributed by atoms with E-state index in [-0.39, 0.29) is 0 Å². The van der Waals surface area contributed by atoms with Crippen LogP contribution in [0, 0.1) is 3.57 Å². The molecule has 6 heteroatoms. The standard InChI is InChI=1S/C9H12IN5/c1-15-9(12,13-8(11)14-15)6-2-4-7(10)5-3-6/h2-5H,12H2,1H3,(H3,11,13,14). The molecule has 1 aliphatic heterocycles. The smallest absolute Gasteiger partial charge is 0.211 e. The van der Waals surface area contributed by atoms with Crippen molar-refractivity contribution in [2.75, 3.05) is 7.05 Å². The Kier molecular flexibility index (Phi) is 2.57. The maximum atomic E-state index is 6.16. The molecule has 0 amide bonds. The number of hydrogen-bond acceptors (Lipinski definition) is 5. The maximum absolute atomic E-state index is 6.16. The average molecular weight is 317 g/mol. The van der Waals surface area contributed by atoms with Gasteiger partial charge in [0.15, 0.2) is 0 Å². The summed E-state index contributed by atoms with van der Waals surface area (Å²) in [6.45, 7) is 0. The second-order valence-electron chi connectivity index (χ2n) is 3.40. The summed E-state index contributed by atoms with van der Waals surface area (Å²) < 4.78 is 1.16. The molecule has 1 atom stereocenters. The van der Waals surface area contributed by atoms with Gasteiger partial charge in [0.05, 0.1) is 0 Å². The van der Waals surface area contributed by atoms with Crippen LogP contribution in [-0.2, 0) is 5.79 Å². The van der Waals surface area contributed by atoms with Gasteiger partial charge in [0.1, 0.15) is 0 Å². The Morgan fingerprint density at radius 1 is 1.40 bits per heavy atom. The van der Waals surface area contributed by atoms with E-state index in [4.69, 9.17) is 11.5 Å². The van der Waals surface area contributed by atoms with Gasteiger partial charge in [0.2, 0.25) is 11.7 Å². The van der Waals surface area contributed by atoms with E-state index in [9.17, 15) is 0 Å². The van der Waals surface area contributed by atoms with Crippen LogP contribution in [0.15, 0.2) is 29.3 Å². The minimum absolute atomic E-state index is 0.332. The lowest BCUT2D eigenvalue weighted by molar-refractivity contribution is 0.127. The van der Waals surface area contributed by atoms with Gasteiger partial charge in [-0.15, -0.1) is 0 Å². The van der Waals surface area contributed by atoms with Gasteiger partial charge in [0, 0.05) is 16.2 Å². The van der Waals surface area contributed by atoms with Crippen LogP contribution in [0.3, 0.4) is 0 Å². The third kappa shape index (κ3) is 1.80. The van der Waals surface area contributed by atoms with Gasteiger partial charge in [-0.1, -0.05) is 12.1 Å². The fraction of sp³-hybridized carbons (Fsp3) is 0.222. The molecule has 5 nitrogen and oxygen atoms in total. The molecule has 0 spiro atoms. The molecular weight excluding hydrogens is 305 g/mol. The van der Waals surface area contributed by atoms with Crippen LogP contribution in [0.2, 0.25) is 0 Å². The van der Waals surface area contributed by atoms with Gasteiger partial charge < -0.3 is 5.73 Å². The Balaban J connectivity index is 2.41. The third-order valence-electron chi connectivity index (χ3n) is 2.35. The molecule has 5 N–H and O–H groups in total. The minimum atomic E-state index is -0.908. The molecule has 80 valence electrons. The van der Waals surface area contributed by atoms with Crippen LogP contribution in [0.5, 0.6) is 0 Å². The van der Waals surface area contributed by atoms with Gasteiger partial charge in [-0.2, -0.15) is 5.01 Å². The second-order valence-corrected chi connectivity index (χ2v) is 4.65. The van der Waals surface area contributed by atoms with Crippen LogP contribution in [0.1, 0.15) is 5.56 Å². The molecule has 1 aromatic rings. The first-order valence-electron chi connectivity index (χ1n) is 4.43. The second kappa shape index (κ2) is 3.62. The molecule has 0 bridgehead atoms. The number of guanidine groups is 1. The Labute approximate surface area is 102 Å². The van der Waals surface area contributed by atoms with Gasteiger partial charge in [-0.25, -0.2) is 4.99 Å². The minimum Gasteiger partial charge on any atom is -0.369 e. The van der Waals surface area contributed by atoms with Crippen molar-refractivity contribution in [1.82, 2.24) is 10.4 Å². The lowest BCUT2D eigenvalue weighted by atomic mass is 10.1. The summed E-state index contributed by atoms with van der Waals surface area (Å²) in [5.74, 6) is -0.576. The normalized spacial score (nSPS) is 26.2. The van der Waals surface area contributed by atoms with Crippen molar-refractivity contribution in [2.45, 2.75) is 5.79 Å². The van der Waals surface area contributed by atoms with E-state index in [0.717, 1.165) is 9.13 Å².